The van der Waals surface area contributed by atoms with Crippen LogP contribution in [0.25, 0.3) is 11.1 Å². The van der Waals surface area contributed by atoms with E-state index in [0.717, 1.165) is 27.8 Å². The van der Waals surface area contributed by atoms with Crippen molar-refractivity contribution in [2.45, 2.75) is 32.7 Å². The molecule has 0 radical (unpaired) electrons. The van der Waals surface area contributed by atoms with Gasteiger partial charge in [0.05, 0.1) is 0 Å². The second kappa shape index (κ2) is 11.3. The molecule has 3 aromatic carbocycles. The topological polar surface area (TPSA) is 95.9 Å². The van der Waals surface area contributed by atoms with Crippen molar-refractivity contribution in [3.63, 3.8) is 0 Å². The molecular formula is C30H32N2O5. The highest BCUT2D eigenvalue weighted by atomic mass is 16.5. The number of rotatable bonds is 10. The van der Waals surface area contributed by atoms with E-state index in [9.17, 15) is 19.5 Å². The number of alkyl carbamates (subject to hydrolysis) is 1. The summed E-state index contributed by atoms with van der Waals surface area (Å²) < 4.78 is 5.60. The SMILES string of the molecule is CC(C)(CNC(=O)OCC1c2ccccc2-c2ccccc21)CC(=O)N(CC(=O)O)Cc1ccccc1. The molecule has 1 aliphatic rings. The van der Waals surface area contributed by atoms with Gasteiger partial charge in [0.25, 0.3) is 0 Å². The molecule has 192 valence electrons. The summed E-state index contributed by atoms with van der Waals surface area (Å²) in [5, 5.41) is 12.1. The third kappa shape index (κ3) is 6.55. The number of carbonyl (C=O) groups excluding carboxylic acids is 2. The van der Waals surface area contributed by atoms with E-state index in [1.54, 1.807) is 0 Å². The van der Waals surface area contributed by atoms with Crippen molar-refractivity contribution < 1.29 is 24.2 Å². The first-order chi connectivity index (χ1) is 17.7. The van der Waals surface area contributed by atoms with E-state index in [-0.39, 0.29) is 44.5 Å². The van der Waals surface area contributed by atoms with Gasteiger partial charge in [0.15, 0.2) is 0 Å². The maximum atomic E-state index is 13.0. The Morgan fingerprint density at radius 2 is 1.46 bits per heavy atom. The van der Waals surface area contributed by atoms with Gasteiger partial charge in [-0.05, 0) is 33.2 Å². The van der Waals surface area contributed by atoms with E-state index in [0.29, 0.717) is 0 Å². The molecule has 4 rings (SSSR count). The first-order valence-corrected chi connectivity index (χ1v) is 12.4. The van der Waals surface area contributed by atoms with Crippen molar-refractivity contribution in [3.05, 3.63) is 95.6 Å². The fourth-order valence-corrected chi connectivity index (χ4v) is 4.74. The van der Waals surface area contributed by atoms with E-state index in [1.165, 1.54) is 4.90 Å². The predicted molar refractivity (Wildman–Crippen MR) is 141 cm³/mol. The molecule has 2 amide bonds. The van der Waals surface area contributed by atoms with Crippen LogP contribution in [-0.2, 0) is 20.9 Å². The zero-order chi connectivity index (χ0) is 26.4. The third-order valence-electron chi connectivity index (χ3n) is 6.58. The zero-order valence-corrected chi connectivity index (χ0v) is 21.1. The maximum absolute atomic E-state index is 13.0. The van der Waals surface area contributed by atoms with Crippen LogP contribution in [0.2, 0.25) is 0 Å². The van der Waals surface area contributed by atoms with Gasteiger partial charge in [-0.1, -0.05) is 92.7 Å². The highest BCUT2D eigenvalue weighted by Crippen LogP contribution is 2.44. The van der Waals surface area contributed by atoms with Crippen LogP contribution in [0.4, 0.5) is 4.79 Å². The van der Waals surface area contributed by atoms with Crippen LogP contribution in [0, 0.1) is 5.41 Å². The molecule has 0 heterocycles. The molecule has 0 saturated carbocycles. The van der Waals surface area contributed by atoms with Crippen LogP contribution >= 0.6 is 0 Å². The van der Waals surface area contributed by atoms with Gasteiger partial charge in [0, 0.05) is 25.4 Å². The largest absolute Gasteiger partial charge is 0.480 e. The molecular weight excluding hydrogens is 468 g/mol. The van der Waals surface area contributed by atoms with Gasteiger partial charge in [-0.15, -0.1) is 0 Å². The number of carboxylic acid groups (broad SMARTS) is 1. The van der Waals surface area contributed by atoms with Crippen LogP contribution in [0.3, 0.4) is 0 Å². The second-order valence-electron chi connectivity index (χ2n) is 10.1. The van der Waals surface area contributed by atoms with Crippen LogP contribution in [0.5, 0.6) is 0 Å². The minimum atomic E-state index is -1.07. The van der Waals surface area contributed by atoms with Gasteiger partial charge in [0.1, 0.15) is 13.2 Å². The van der Waals surface area contributed by atoms with Crippen molar-refractivity contribution in [1.29, 1.82) is 0 Å². The summed E-state index contributed by atoms with van der Waals surface area (Å²) in [4.78, 5) is 38.2. The Morgan fingerprint density at radius 3 is 2.05 bits per heavy atom. The van der Waals surface area contributed by atoms with Gasteiger partial charge in [-0.25, -0.2) is 4.79 Å². The number of carboxylic acids is 1. The minimum Gasteiger partial charge on any atom is -0.480 e. The smallest absolute Gasteiger partial charge is 0.407 e. The number of hydrogen-bond acceptors (Lipinski definition) is 4. The average Bonchev–Trinajstić information content (AvgIpc) is 3.20. The third-order valence-corrected chi connectivity index (χ3v) is 6.58. The van der Waals surface area contributed by atoms with Gasteiger partial charge in [-0.3, -0.25) is 9.59 Å². The van der Waals surface area contributed by atoms with E-state index in [1.807, 2.05) is 68.4 Å². The monoisotopic (exact) mass is 500 g/mol. The first kappa shape index (κ1) is 25.9. The molecule has 0 aliphatic heterocycles. The quantitative estimate of drug-likeness (QED) is 0.406. The molecule has 3 aromatic rings. The predicted octanol–water partition coefficient (Wildman–Crippen LogP) is 5.05. The number of nitrogens with one attached hydrogen (secondary N) is 1. The lowest BCUT2D eigenvalue weighted by atomic mass is 9.88. The minimum absolute atomic E-state index is 0.0321. The lowest BCUT2D eigenvalue weighted by molar-refractivity contribution is -0.145. The van der Waals surface area contributed by atoms with Gasteiger partial charge < -0.3 is 20.1 Å². The van der Waals surface area contributed by atoms with Crippen molar-refractivity contribution in [3.8, 4) is 11.1 Å². The maximum Gasteiger partial charge on any atom is 0.407 e. The number of ether oxygens (including phenoxy) is 1. The van der Waals surface area contributed by atoms with E-state index in [4.69, 9.17) is 4.74 Å². The Labute approximate surface area is 217 Å². The molecule has 0 fully saturated rings. The highest BCUT2D eigenvalue weighted by molar-refractivity contribution is 5.82. The Hall–Kier alpha value is -4.13. The van der Waals surface area contributed by atoms with Crippen LogP contribution in [0.15, 0.2) is 78.9 Å². The van der Waals surface area contributed by atoms with E-state index < -0.39 is 17.5 Å². The summed E-state index contributed by atoms with van der Waals surface area (Å²) in [7, 11) is 0. The molecule has 0 spiro atoms. The fraction of sp³-hybridized carbons (Fsp3) is 0.300. The molecule has 7 nitrogen and oxygen atoms in total. The molecule has 7 heteroatoms. The van der Waals surface area contributed by atoms with Crippen molar-refractivity contribution in [2.75, 3.05) is 19.7 Å². The van der Waals surface area contributed by atoms with Crippen LogP contribution < -0.4 is 5.32 Å². The average molecular weight is 501 g/mol. The first-order valence-electron chi connectivity index (χ1n) is 12.4. The fourth-order valence-electron chi connectivity index (χ4n) is 4.74. The molecule has 0 bridgehead atoms. The summed E-state index contributed by atoms with van der Waals surface area (Å²) in [6, 6.07) is 25.6. The number of fused-ring (bicyclic) bond motifs is 3. The molecule has 0 unspecified atom stereocenters. The lowest BCUT2D eigenvalue weighted by Gasteiger charge is -2.28. The number of amides is 2. The standard InChI is InChI=1S/C30H32N2O5/c1-30(2,16-27(33)32(18-28(34)35)17-21-10-4-3-5-11-21)20-31-29(36)37-19-26-24-14-8-6-12-22(24)23-13-7-9-15-25(23)26/h3-15,26H,16-20H2,1-2H3,(H,31,36)(H,34,35). The number of hydrogen-bond donors (Lipinski definition) is 2. The van der Waals surface area contributed by atoms with Crippen LogP contribution in [-0.4, -0.2) is 47.7 Å². The normalized spacial score (nSPS) is 12.4. The highest BCUT2D eigenvalue weighted by Gasteiger charge is 2.30. The van der Waals surface area contributed by atoms with Gasteiger partial charge >= 0.3 is 12.1 Å². The van der Waals surface area contributed by atoms with Gasteiger partial charge in [-0.2, -0.15) is 0 Å². The molecule has 0 saturated heterocycles. The number of carbonyl (C=O) groups is 3. The lowest BCUT2D eigenvalue weighted by Crippen LogP contribution is -2.41. The molecule has 0 aromatic heterocycles. The molecule has 37 heavy (non-hydrogen) atoms. The van der Waals surface area contributed by atoms with Crippen molar-refractivity contribution in [2.24, 2.45) is 5.41 Å². The van der Waals surface area contributed by atoms with Gasteiger partial charge in [0.2, 0.25) is 5.91 Å². The molecule has 1 aliphatic carbocycles. The summed E-state index contributed by atoms with van der Waals surface area (Å²) >= 11 is 0. The number of aliphatic carboxylic acids is 1. The summed E-state index contributed by atoms with van der Waals surface area (Å²) in [6.07, 6.45) is -0.467. The number of benzene rings is 3. The van der Waals surface area contributed by atoms with Crippen molar-refractivity contribution in [1.82, 2.24) is 10.2 Å². The summed E-state index contributed by atoms with van der Waals surface area (Å²) in [6.45, 7) is 3.96. The second-order valence-corrected chi connectivity index (χ2v) is 10.1. The number of nitrogens with zero attached hydrogens (tertiary/aromatic N) is 1. The zero-order valence-electron chi connectivity index (χ0n) is 21.1. The Morgan fingerprint density at radius 1 is 0.892 bits per heavy atom. The van der Waals surface area contributed by atoms with E-state index >= 15 is 0 Å². The van der Waals surface area contributed by atoms with Crippen LogP contribution in [0.1, 0.15) is 42.9 Å². The van der Waals surface area contributed by atoms with Crippen molar-refractivity contribution >= 4 is 18.0 Å². The Kier molecular flexibility index (Phi) is 7.92. The molecule has 2 N–H and O–H groups in total. The molecule has 0 atom stereocenters. The van der Waals surface area contributed by atoms with E-state index in [2.05, 4.69) is 29.6 Å². The Bertz CT molecular complexity index is 1230. The Balaban J connectivity index is 1.31. The summed E-state index contributed by atoms with van der Waals surface area (Å²) in [5.41, 5.74) is 4.85. The summed E-state index contributed by atoms with van der Waals surface area (Å²) in [5.74, 6) is -1.39.